The van der Waals surface area contributed by atoms with Crippen molar-refractivity contribution in [3.63, 3.8) is 0 Å². The molecule has 2 aromatic heterocycles. The number of aryl methyl sites for hydroxylation is 1. The molecule has 1 aliphatic rings. The van der Waals surface area contributed by atoms with Gasteiger partial charge < -0.3 is 15.1 Å². The Kier molecular flexibility index (Phi) is 6.56. The van der Waals surface area contributed by atoms with Crippen LogP contribution in [0, 0.1) is 6.92 Å². The number of aromatic nitrogens is 2. The van der Waals surface area contributed by atoms with Gasteiger partial charge in [-0.2, -0.15) is 0 Å². The summed E-state index contributed by atoms with van der Waals surface area (Å²) in [5.41, 5.74) is 3.40. The standard InChI is InChI=1S/C22H25N5O3/c1-15-10-18(16-6-4-8-23-11-16)12-24-21(15)25-19(29)13-27-9-5-7-17(14-28)20(27)22(30)26(2)3/h4,6,8,10-12,14H,5,7,9,13H2,1-3H3,(H,24,25,29). The molecule has 1 N–H and O–H groups in total. The number of carbonyl (C=O) groups is 3. The number of nitrogens with one attached hydrogen (secondary N) is 1. The molecule has 0 unspecified atom stereocenters. The van der Waals surface area contributed by atoms with Crippen molar-refractivity contribution in [2.45, 2.75) is 19.8 Å². The zero-order chi connectivity index (χ0) is 21.7. The summed E-state index contributed by atoms with van der Waals surface area (Å²) in [4.78, 5) is 48.3. The van der Waals surface area contributed by atoms with E-state index in [9.17, 15) is 14.4 Å². The van der Waals surface area contributed by atoms with E-state index in [4.69, 9.17) is 0 Å². The minimum Gasteiger partial charge on any atom is -0.357 e. The minimum atomic E-state index is -0.295. The predicted molar refractivity (Wildman–Crippen MR) is 113 cm³/mol. The number of allylic oxidation sites excluding steroid dienone is 1. The molecule has 8 nitrogen and oxygen atoms in total. The molecule has 156 valence electrons. The second kappa shape index (κ2) is 9.30. The summed E-state index contributed by atoms with van der Waals surface area (Å²) < 4.78 is 0. The first kappa shape index (κ1) is 21.2. The average Bonchev–Trinajstić information content (AvgIpc) is 2.75. The highest BCUT2D eigenvalue weighted by Gasteiger charge is 2.28. The van der Waals surface area contributed by atoms with E-state index < -0.39 is 0 Å². The molecule has 2 amide bonds. The second-order valence-electron chi connectivity index (χ2n) is 7.40. The van der Waals surface area contributed by atoms with Crippen LogP contribution in [-0.4, -0.2) is 65.1 Å². The smallest absolute Gasteiger partial charge is 0.270 e. The third-order valence-electron chi connectivity index (χ3n) is 4.91. The molecule has 0 fully saturated rings. The van der Waals surface area contributed by atoms with Crippen LogP contribution in [0.2, 0.25) is 0 Å². The molecule has 0 radical (unpaired) electrons. The Morgan fingerprint density at radius 3 is 2.70 bits per heavy atom. The topological polar surface area (TPSA) is 95.5 Å². The minimum absolute atomic E-state index is 0.0300. The summed E-state index contributed by atoms with van der Waals surface area (Å²) in [7, 11) is 3.25. The number of hydrogen-bond donors (Lipinski definition) is 1. The number of aldehydes is 1. The summed E-state index contributed by atoms with van der Waals surface area (Å²) in [6, 6.07) is 5.73. The molecule has 3 heterocycles. The summed E-state index contributed by atoms with van der Waals surface area (Å²) in [5, 5.41) is 2.81. The molecule has 1 aliphatic heterocycles. The molecular formula is C22H25N5O3. The molecule has 0 saturated heterocycles. The highest BCUT2D eigenvalue weighted by molar-refractivity contribution is 6.00. The van der Waals surface area contributed by atoms with Gasteiger partial charge in [-0.15, -0.1) is 0 Å². The summed E-state index contributed by atoms with van der Waals surface area (Å²) in [6.07, 6.45) is 7.11. The number of likely N-dealkylation sites (N-methyl/N-ethyl adjacent to an activating group) is 1. The maximum Gasteiger partial charge on any atom is 0.270 e. The summed E-state index contributed by atoms with van der Waals surface area (Å²) in [5.74, 6) is -0.111. The third-order valence-corrected chi connectivity index (χ3v) is 4.91. The van der Waals surface area contributed by atoms with E-state index in [-0.39, 0.29) is 18.4 Å². The molecule has 2 aromatic rings. The van der Waals surface area contributed by atoms with Crippen molar-refractivity contribution in [3.05, 3.63) is 53.6 Å². The maximum atomic E-state index is 12.7. The molecule has 3 rings (SSSR count). The quantitative estimate of drug-likeness (QED) is 0.736. The first-order valence-electron chi connectivity index (χ1n) is 9.72. The van der Waals surface area contributed by atoms with E-state index in [1.807, 2.05) is 25.1 Å². The number of anilines is 1. The van der Waals surface area contributed by atoms with Crippen molar-refractivity contribution in [2.24, 2.45) is 0 Å². The normalized spacial score (nSPS) is 13.8. The van der Waals surface area contributed by atoms with Crippen LogP contribution in [0.4, 0.5) is 5.82 Å². The highest BCUT2D eigenvalue weighted by atomic mass is 16.2. The van der Waals surface area contributed by atoms with Gasteiger partial charge in [0.1, 0.15) is 17.8 Å². The molecule has 0 aliphatic carbocycles. The summed E-state index contributed by atoms with van der Waals surface area (Å²) in [6.45, 7) is 2.37. The molecule has 0 bridgehead atoms. The van der Waals surface area contributed by atoms with Crippen LogP contribution in [0.1, 0.15) is 18.4 Å². The van der Waals surface area contributed by atoms with Gasteiger partial charge in [-0.1, -0.05) is 6.07 Å². The van der Waals surface area contributed by atoms with Gasteiger partial charge in [0.05, 0.1) is 6.54 Å². The highest BCUT2D eigenvalue weighted by Crippen LogP contribution is 2.24. The van der Waals surface area contributed by atoms with E-state index in [0.717, 1.165) is 16.7 Å². The van der Waals surface area contributed by atoms with Crippen molar-refractivity contribution < 1.29 is 14.4 Å². The maximum absolute atomic E-state index is 12.7. The third kappa shape index (κ3) is 4.71. The SMILES string of the molecule is Cc1cc(-c2cccnc2)cnc1NC(=O)CN1CCCC(C=O)=C1C(=O)N(C)C. The Labute approximate surface area is 175 Å². The van der Waals surface area contributed by atoms with Crippen molar-refractivity contribution in [2.75, 3.05) is 32.5 Å². The fraction of sp³-hybridized carbons (Fsp3) is 0.318. The number of nitrogens with zero attached hydrogens (tertiary/aromatic N) is 4. The van der Waals surface area contributed by atoms with Crippen LogP contribution in [-0.2, 0) is 14.4 Å². The Hall–Kier alpha value is -3.55. The monoisotopic (exact) mass is 407 g/mol. The lowest BCUT2D eigenvalue weighted by molar-refractivity contribution is -0.127. The lowest BCUT2D eigenvalue weighted by Crippen LogP contribution is -2.42. The molecule has 8 heteroatoms. The van der Waals surface area contributed by atoms with Crippen LogP contribution >= 0.6 is 0 Å². The van der Waals surface area contributed by atoms with Gasteiger partial charge in [0.2, 0.25) is 5.91 Å². The van der Waals surface area contributed by atoms with E-state index in [0.29, 0.717) is 42.8 Å². The lowest BCUT2D eigenvalue weighted by Gasteiger charge is -2.32. The van der Waals surface area contributed by atoms with E-state index in [2.05, 4.69) is 15.3 Å². The second-order valence-corrected chi connectivity index (χ2v) is 7.40. The van der Waals surface area contributed by atoms with Crippen LogP contribution in [0.3, 0.4) is 0 Å². The first-order chi connectivity index (χ1) is 14.4. The van der Waals surface area contributed by atoms with Gasteiger partial charge in [-0.05, 0) is 37.5 Å². The number of amides is 2. The van der Waals surface area contributed by atoms with Gasteiger partial charge in [0.15, 0.2) is 0 Å². The van der Waals surface area contributed by atoms with Crippen molar-refractivity contribution >= 4 is 23.9 Å². The lowest BCUT2D eigenvalue weighted by atomic mass is 10.0. The van der Waals surface area contributed by atoms with Crippen LogP contribution in [0.15, 0.2) is 48.1 Å². The van der Waals surface area contributed by atoms with Crippen molar-refractivity contribution in [1.82, 2.24) is 19.8 Å². The predicted octanol–water partition coefficient (Wildman–Crippen LogP) is 2.03. The summed E-state index contributed by atoms with van der Waals surface area (Å²) >= 11 is 0. The number of pyridine rings is 2. The Balaban J connectivity index is 1.75. The largest absolute Gasteiger partial charge is 0.357 e. The van der Waals surface area contributed by atoms with E-state index in [1.165, 1.54) is 4.90 Å². The zero-order valence-electron chi connectivity index (χ0n) is 17.4. The molecule has 30 heavy (non-hydrogen) atoms. The Bertz CT molecular complexity index is 986. The molecule has 0 atom stereocenters. The van der Waals surface area contributed by atoms with Crippen LogP contribution < -0.4 is 5.32 Å². The van der Waals surface area contributed by atoms with Crippen molar-refractivity contribution in [3.8, 4) is 11.1 Å². The Morgan fingerprint density at radius 1 is 1.27 bits per heavy atom. The van der Waals surface area contributed by atoms with Gasteiger partial charge >= 0.3 is 0 Å². The van der Waals surface area contributed by atoms with Gasteiger partial charge in [0, 0.05) is 55.9 Å². The fourth-order valence-electron chi connectivity index (χ4n) is 3.39. The average molecular weight is 407 g/mol. The molecule has 0 spiro atoms. The molecule has 0 aromatic carbocycles. The van der Waals surface area contributed by atoms with E-state index in [1.54, 1.807) is 37.6 Å². The molecular weight excluding hydrogens is 382 g/mol. The van der Waals surface area contributed by atoms with Gasteiger partial charge in [-0.25, -0.2) is 4.98 Å². The zero-order valence-corrected chi connectivity index (χ0v) is 17.4. The van der Waals surface area contributed by atoms with E-state index >= 15 is 0 Å². The van der Waals surface area contributed by atoms with Crippen LogP contribution in [0.5, 0.6) is 0 Å². The number of rotatable bonds is 6. The fourth-order valence-corrected chi connectivity index (χ4v) is 3.39. The number of hydrogen-bond acceptors (Lipinski definition) is 6. The number of carbonyl (C=O) groups excluding carboxylic acids is 3. The van der Waals surface area contributed by atoms with Crippen LogP contribution in [0.25, 0.3) is 11.1 Å². The first-order valence-corrected chi connectivity index (χ1v) is 9.72. The van der Waals surface area contributed by atoms with Gasteiger partial charge in [0.25, 0.3) is 5.91 Å². The van der Waals surface area contributed by atoms with Crippen molar-refractivity contribution in [1.29, 1.82) is 0 Å². The van der Waals surface area contributed by atoms with Gasteiger partial charge in [-0.3, -0.25) is 19.4 Å². The Morgan fingerprint density at radius 2 is 2.07 bits per heavy atom. The molecule has 0 saturated carbocycles.